The number of H-pyrrole nitrogens is 2. The van der Waals surface area contributed by atoms with Gasteiger partial charge in [-0.05, 0) is 67.3 Å². The van der Waals surface area contributed by atoms with Crippen LogP contribution in [0, 0.1) is 9.54 Å². The summed E-state index contributed by atoms with van der Waals surface area (Å²) in [6, 6.07) is 9.97. The Labute approximate surface area is 237 Å². The molecule has 0 amide bonds. The molecule has 4 N–H and O–H groups in total. The number of benzene rings is 1. The summed E-state index contributed by atoms with van der Waals surface area (Å²) in [6.07, 6.45) is 5.63. The summed E-state index contributed by atoms with van der Waals surface area (Å²) in [5.41, 5.74) is 2.40. The van der Waals surface area contributed by atoms with Crippen molar-refractivity contribution in [2.45, 2.75) is 6.92 Å². The summed E-state index contributed by atoms with van der Waals surface area (Å²) in [5, 5.41) is 21.8. The van der Waals surface area contributed by atoms with E-state index in [2.05, 4.69) is 20.7 Å². The number of aromatic amines is 2. The van der Waals surface area contributed by atoms with E-state index in [1.165, 1.54) is 47.8 Å². The monoisotopic (exact) mass is 577 g/mol. The van der Waals surface area contributed by atoms with Crippen LogP contribution in [0.3, 0.4) is 0 Å². The van der Waals surface area contributed by atoms with Crippen molar-refractivity contribution in [2.75, 3.05) is 14.2 Å². The molecule has 0 fully saturated rings. The standard InChI is InChI=1S/C27H23N5O6S2/c1-15(7-9-19-22(33)29-26(39)31(24(19)35)16-5-4-6-17(13-16)37-2)8-10-20-23(34)30-27(40)32(25(20)36)21-14-18(38-3)11-12-28-21/h4-7,9-14,35-36H,1-3H3,(H,29,33,39)(H,30,34,40). The smallest absolute Gasteiger partial charge is 0.263 e. The van der Waals surface area contributed by atoms with E-state index in [-0.39, 0.29) is 32.4 Å². The van der Waals surface area contributed by atoms with Gasteiger partial charge in [0.05, 0.1) is 19.9 Å². The van der Waals surface area contributed by atoms with E-state index < -0.39 is 17.0 Å². The van der Waals surface area contributed by atoms with Crippen molar-refractivity contribution in [3.8, 4) is 34.8 Å². The molecule has 40 heavy (non-hydrogen) atoms. The molecule has 0 saturated carbocycles. The van der Waals surface area contributed by atoms with Crippen LogP contribution in [0.2, 0.25) is 0 Å². The highest BCUT2D eigenvalue weighted by Gasteiger charge is 2.14. The molecule has 4 aromatic rings. The van der Waals surface area contributed by atoms with E-state index in [1.807, 2.05) is 0 Å². The fraction of sp³-hybridized carbons (Fsp3) is 0.111. The van der Waals surface area contributed by atoms with Crippen molar-refractivity contribution in [2.24, 2.45) is 0 Å². The molecule has 0 aliphatic heterocycles. The number of nitrogens with zero attached hydrogens (tertiary/aromatic N) is 3. The Hall–Kier alpha value is -4.97. The first-order chi connectivity index (χ1) is 19.1. The fourth-order valence-corrected chi connectivity index (χ4v) is 4.21. The first-order valence-electron chi connectivity index (χ1n) is 11.6. The van der Waals surface area contributed by atoms with Gasteiger partial charge >= 0.3 is 0 Å². The number of ether oxygens (including phenoxy) is 2. The van der Waals surface area contributed by atoms with Gasteiger partial charge in [-0.1, -0.05) is 12.1 Å². The van der Waals surface area contributed by atoms with Gasteiger partial charge in [0.15, 0.2) is 9.54 Å². The van der Waals surface area contributed by atoms with Gasteiger partial charge in [-0.3, -0.25) is 24.1 Å². The molecule has 11 nitrogen and oxygen atoms in total. The summed E-state index contributed by atoms with van der Waals surface area (Å²) in [5.74, 6) is 0.421. The molecule has 3 aromatic heterocycles. The van der Waals surface area contributed by atoms with Crippen LogP contribution in [-0.4, -0.2) is 48.5 Å². The van der Waals surface area contributed by atoms with Gasteiger partial charge < -0.3 is 19.7 Å². The van der Waals surface area contributed by atoms with E-state index in [4.69, 9.17) is 33.9 Å². The van der Waals surface area contributed by atoms with Gasteiger partial charge in [-0.2, -0.15) is 0 Å². The average Bonchev–Trinajstić information content (AvgIpc) is 2.92. The van der Waals surface area contributed by atoms with Crippen LogP contribution in [0.15, 0.2) is 69.6 Å². The van der Waals surface area contributed by atoms with Gasteiger partial charge in [0.2, 0.25) is 11.8 Å². The van der Waals surface area contributed by atoms with Crippen molar-refractivity contribution < 1.29 is 19.7 Å². The predicted octanol–water partition coefficient (Wildman–Crippen LogP) is 4.20. The van der Waals surface area contributed by atoms with Crippen LogP contribution >= 0.6 is 24.4 Å². The molecule has 13 heteroatoms. The van der Waals surface area contributed by atoms with Crippen LogP contribution in [0.25, 0.3) is 23.7 Å². The summed E-state index contributed by atoms with van der Waals surface area (Å²) in [7, 11) is 2.99. The molecule has 0 atom stereocenters. The first kappa shape index (κ1) is 28.0. The normalized spacial score (nSPS) is 10.8. The van der Waals surface area contributed by atoms with Crippen molar-refractivity contribution in [3.63, 3.8) is 0 Å². The number of rotatable bonds is 7. The van der Waals surface area contributed by atoms with Crippen LogP contribution in [0.1, 0.15) is 18.1 Å². The number of hydrogen-bond acceptors (Lipinski definition) is 9. The lowest BCUT2D eigenvalue weighted by atomic mass is 10.2. The highest BCUT2D eigenvalue weighted by Crippen LogP contribution is 2.24. The number of methoxy groups -OCH3 is 2. The van der Waals surface area contributed by atoms with Crippen LogP contribution in [0.5, 0.6) is 23.3 Å². The Balaban J connectivity index is 1.75. The maximum atomic E-state index is 12.6. The number of allylic oxidation sites excluding steroid dienone is 2. The zero-order valence-electron chi connectivity index (χ0n) is 21.5. The van der Waals surface area contributed by atoms with Gasteiger partial charge in [0, 0.05) is 18.3 Å². The lowest BCUT2D eigenvalue weighted by molar-refractivity contribution is 0.411. The van der Waals surface area contributed by atoms with Crippen molar-refractivity contribution in [1.82, 2.24) is 24.1 Å². The first-order valence-corrected chi connectivity index (χ1v) is 12.4. The van der Waals surface area contributed by atoms with Crippen molar-refractivity contribution in [3.05, 3.63) is 101 Å². The van der Waals surface area contributed by atoms with Crippen LogP contribution in [-0.2, 0) is 0 Å². The van der Waals surface area contributed by atoms with Gasteiger partial charge in [0.1, 0.15) is 28.4 Å². The SMILES string of the molecule is COc1cccc(-n2c(O)c(C=CC(C)=C=Cc3c(O)n(-c4cc(OC)ccn4)c(=S)[nH]c3=O)c(=O)[nH]c2=S)c1. The number of hydrogen-bond donors (Lipinski definition) is 4. The van der Waals surface area contributed by atoms with Gasteiger partial charge in [-0.15, -0.1) is 5.73 Å². The van der Waals surface area contributed by atoms with Crippen molar-refractivity contribution in [1.29, 1.82) is 0 Å². The summed E-state index contributed by atoms with van der Waals surface area (Å²) >= 11 is 10.5. The lowest BCUT2D eigenvalue weighted by Crippen LogP contribution is -2.16. The highest BCUT2D eigenvalue weighted by molar-refractivity contribution is 7.71. The maximum Gasteiger partial charge on any atom is 0.263 e. The van der Waals surface area contributed by atoms with Crippen molar-refractivity contribution >= 4 is 36.6 Å². The Morgan fingerprint density at radius 1 is 0.950 bits per heavy atom. The third-order valence-corrected chi connectivity index (χ3v) is 6.25. The second kappa shape index (κ2) is 11.8. The molecule has 0 unspecified atom stereocenters. The van der Waals surface area contributed by atoms with E-state index >= 15 is 0 Å². The Bertz CT molecular complexity index is 1940. The summed E-state index contributed by atoms with van der Waals surface area (Å²) < 4.78 is 12.8. The fourth-order valence-electron chi connectivity index (χ4n) is 3.65. The zero-order valence-corrected chi connectivity index (χ0v) is 23.1. The molecule has 0 spiro atoms. The molecular formula is C27H23N5O6S2. The topological polar surface area (TPSA) is 147 Å². The van der Waals surface area contributed by atoms with E-state index in [0.29, 0.717) is 22.8 Å². The zero-order chi connectivity index (χ0) is 29.0. The molecule has 0 aliphatic rings. The minimum absolute atomic E-state index is 0.00113. The molecule has 0 saturated heterocycles. The molecule has 0 radical (unpaired) electrons. The van der Waals surface area contributed by atoms with Crippen LogP contribution < -0.4 is 20.6 Å². The van der Waals surface area contributed by atoms with E-state index in [1.54, 1.807) is 43.3 Å². The number of aromatic hydroxyl groups is 2. The van der Waals surface area contributed by atoms with Gasteiger partial charge in [-0.25, -0.2) is 9.55 Å². The minimum atomic E-state index is -0.639. The molecule has 3 heterocycles. The maximum absolute atomic E-state index is 12.6. The second-order valence-corrected chi connectivity index (χ2v) is 9.00. The molecule has 0 aliphatic carbocycles. The Morgan fingerprint density at radius 3 is 2.27 bits per heavy atom. The number of aromatic nitrogens is 5. The average molecular weight is 578 g/mol. The lowest BCUT2D eigenvalue weighted by Gasteiger charge is -2.12. The third kappa shape index (κ3) is 5.71. The Morgan fingerprint density at radius 2 is 1.57 bits per heavy atom. The third-order valence-electron chi connectivity index (χ3n) is 5.68. The molecular weight excluding hydrogens is 554 g/mol. The van der Waals surface area contributed by atoms with Gasteiger partial charge in [0.25, 0.3) is 11.1 Å². The second-order valence-electron chi connectivity index (χ2n) is 8.22. The summed E-state index contributed by atoms with van der Waals surface area (Å²) in [4.78, 5) is 34.4. The minimum Gasteiger partial charge on any atom is -0.497 e. The largest absolute Gasteiger partial charge is 0.497 e. The van der Waals surface area contributed by atoms with Crippen LogP contribution in [0.4, 0.5) is 0 Å². The van der Waals surface area contributed by atoms with E-state index in [9.17, 15) is 19.8 Å². The Kier molecular flexibility index (Phi) is 8.29. The molecule has 204 valence electrons. The molecule has 4 rings (SSSR count). The number of pyridine rings is 1. The quantitative estimate of drug-likeness (QED) is 0.144. The van der Waals surface area contributed by atoms with E-state index in [0.717, 1.165) is 0 Å². The summed E-state index contributed by atoms with van der Waals surface area (Å²) in [6.45, 7) is 1.65. The highest BCUT2D eigenvalue weighted by atomic mass is 32.1. The number of nitrogens with one attached hydrogen (secondary N) is 2. The predicted molar refractivity (Wildman–Crippen MR) is 155 cm³/mol. The molecule has 1 aromatic carbocycles. The molecule has 0 bridgehead atoms.